The van der Waals surface area contributed by atoms with Crippen molar-refractivity contribution in [3.63, 3.8) is 0 Å². The number of rotatable bonds is 1. The molecule has 0 aliphatic carbocycles. The molecule has 5 nitrogen and oxygen atoms in total. The number of carbonyl (C=O) groups excluding carboxylic acids is 2. The van der Waals surface area contributed by atoms with Gasteiger partial charge in [0.05, 0.1) is 6.10 Å². The molecule has 18 heavy (non-hydrogen) atoms. The van der Waals surface area contributed by atoms with E-state index < -0.39 is 17.9 Å². The third-order valence-electron chi connectivity index (χ3n) is 2.91. The van der Waals surface area contributed by atoms with Gasteiger partial charge in [0.1, 0.15) is 0 Å². The molecule has 1 saturated heterocycles. The molecule has 5 heteroatoms. The van der Waals surface area contributed by atoms with E-state index in [1.807, 2.05) is 6.07 Å². The third-order valence-corrected chi connectivity index (χ3v) is 2.91. The normalized spacial score (nSPS) is 19.4. The zero-order valence-corrected chi connectivity index (χ0v) is 10.0. The minimum atomic E-state index is -0.657. The van der Waals surface area contributed by atoms with Crippen molar-refractivity contribution in [3.8, 4) is 0 Å². The largest absolute Gasteiger partial charge is 0.391 e. The van der Waals surface area contributed by atoms with Crippen LogP contribution >= 0.6 is 0 Å². The maximum atomic E-state index is 11.9. The predicted molar refractivity (Wildman–Crippen MR) is 66.9 cm³/mol. The van der Waals surface area contributed by atoms with Gasteiger partial charge in [-0.3, -0.25) is 9.59 Å². The molecule has 0 bridgehead atoms. The number of piperidine rings is 1. The molecule has 2 amide bonds. The molecule has 1 aromatic rings. The Labute approximate surface area is 105 Å². The number of likely N-dealkylation sites (tertiary alicyclic amines) is 1. The topological polar surface area (TPSA) is 69.6 Å². The van der Waals surface area contributed by atoms with Crippen molar-refractivity contribution in [2.24, 2.45) is 0 Å². The Hall–Kier alpha value is -1.88. The lowest BCUT2D eigenvalue weighted by atomic mass is 10.1. The average molecular weight is 248 g/mol. The summed E-state index contributed by atoms with van der Waals surface area (Å²) >= 11 is 0. The van der Waals surface area contributed by atoms with Gasteiger partial charge in [0.25, 0.3) is 0 Å². The maximum Gasteiger partial charge on any atom is 0.313 e. The van der Waals surface area contributed by atoms with Crippen LogP contribution in [-0.2, 0) is 9.59 Å². The van der Waals surface area contributed by atoms with Crippen LogP contribution < -0.4 is 5.32 Å². The molecule has 0 aromatic heterocycles. The maximum absolute atomic E-state index is 11.9. The Morgan fingerprint density at radius 1 is 1.28 bits per heavy atom. The van der Waals surface area contributed by atoms with Crippen molar-refractivity contribution in [3.05, 3.63) is 30.3 Å². The number of hydrogen-bond donors (Lipinski definition) is 2. The lowest BCUT2D eigenvalue weighted by Crippen LogP contribution is -2.46. The van der Waals surface area contributed by atoms with Gasteiger partial charge in [0, 0.05) is 18.8 Å². The number of nitrogens with one attached hydrogen (secondary N) is 1. The summed E-state index contributed by atoms with van der Waals surface area (Å²) in [4.78, 5) is 25.0. The molecule has 96 valence electrons. The number of aliphatic hydroxyl groups excluding tert-OH is 1. The van der Waals surface area contributed by atoms with Crippen LogP contribution in [0, 0.1) is 0 Å². The summed E-state index contributed by atoms with van der Waals surface area (Å²) in [6.45, 7) is 0.763. The van der Waals surface area contributed by atoms with E-state index in [4.69, 9.17) is 0 Å². The quantitative estimate of drug-likeness (QED) is 0.715. The molecule has 1 aliphatic rings. The lowest BCUT2D eigenvalue weighted by molar-refractivity contribution is -0.145. The summed E-state index contributed by atoms with van der Waals surface area (Å²) in [5.41, 5.74) is 0.591. The Bertz CT molecular complexity index is 433. The second kappa shape index (κ2) is 5.64. The number of benzene rings is 1. The highest BCUT2D eigenvalue weighted by Gasteiger charge is 2.26. The zero-order valence-electron chi connectivity index (χ0n) is 10.0. The molecule has 2 N–H and O–H groups in total. The number of carbonyl (C=O) groups is 2. The number of para-hydroxylation sites is 1. The molecular formula is C13H16N2O3. The van der Waals surface area contributed by atoms with Crippen molar-refractivity contribution in [1.29, 1.82) is 0 Å². The fraction of sp³-hybridized carbons (Fsp3) is 0.385. The van der Waals surface area contributed by atoms with Gasteiger partial charge in [-0.1, -0.05) is 18.2 Å². The first-order valence-electron chi connectivity index (χ1n) is 6.00. The Morgan fingerprint density at radius 3 is 2.67 bits per heavy atom. The number of β-amino-alcohol motifs (C(OH)–C–C–N with tert-alkyl or cyclic N) is 1. The van der Waals surface area contributed by atoms with E-state index in [-0.39, 0.29) is 6.54 Å². The Morgan fingerprint density at radius 2 is 2.00 bits per heavy atom. The third kappa shape index (κ3) is 3.07. The summed E-state index contributed by atoms with van der Waals surface area (Å²) in [7, 11) is 0. The van der Waals surface area contributed by atoms with Crippen molar-refractivity contribution >= 4 is 17.5 Å². The minimum Gasteiger partial charge on any atom is -0.391 e. The second-order valence-corrected chi connectivity index (χ2v) is 4.37. The van der Waals surface area contributed by atoms with E-state index in [2.05, 4.69) is 5.32 Å². The van der Waals surface area contributed by atoms with Gasteiger partial charge < -0.3 is 15.3 Å². The number of amides is 2. The van der Waals surface area contributed by atoms with Crippen LogP contribution in [0.15, 0.2) is 30.3 Å². The zero-order chi connectivity index (χ0) is 13.0. The average Bonchev–Trinajstić information content (AvgIpc) is 2.39. The smallest absolute Gasteiger partial charge is 0.313 e. The van der Waals surface area contributed by atoms with Crippen LogP contribution in [-0.4, -0.2) is 41.0 Å². The van der Waals surface area contributed by atoms with Crippen LogP contribution in [0.5, 0.6) is 0 Å². The number of hydrogen-bond acceptors (Lipinski definition) is 3. The number of anilines is 1. The standard InChI is InChI=1S/C13H16N2O3/c16-11-7-4-8-15(9-11)13(18)12(17)14-10-5-2-1-3-6-10/h1-3,5-6,11,16H,4,7-9H2,(H,14,17). The van der Waals surface area contributed by atoms with Gasteiger partial charge in [-0.25, -0.2) is 0 Å². The Balaban J connectivity index is 1.94. The van der Waals surface area contributed by atoms with Crippen molar-refractivity contribution in [1.82, 2.24) is 4.90 Å². The van der Waals surface area contributed by atoms with Gasteiger partial charge in [-0.05, 0) is 25.0 Å². The first-order chi connectivity index (χ1) is 8.66. The molecule has 1 atom stereocenters. The summed E-state index contributed by atoms with van der Waals surface area (Å²) in [6, 6.07) is 8.83. The van der Waals surface area contributed by atoms with Gasteiger partial charge in [-0.15, -0.1) is 0 Å². The van der Waals surface area contributed by atoms with E-state index in [1.54, 1.807) is 24.3 Å². The molecule has 1 aromatic carbocycles. The lowest BCUT2D eigenvalue weighted by Gasteiger charge is -2.29. The van der Waals surface area contributed by atoms with Crippen LogP contribution in [0.25, 0.3) is 0 Å². The SMILES string of the molecule is O=C(Nc1ccccc1)C(=O)N1CCCC(O)C1. The van der Waals surface area contributed by atoms with Gasteiger partial charge in [0.2, 0.25) is 0 Å². The fourth-order valence-corrected chi connectivity index (χ4v) is 1.99. The Kier molecular flexibility index (Phi) is 3.94. The van der Waals surface area contributed by atoms with Crippen LogP contribution in [0.4, 0.5) is 5.69 Å². The van der Waals surface area contributed by atoms with Crippen LogP contribution in [0.1, 0.15) is 12.8 Å². The molecular weight excluding hydrogens is 232 g/mol. The first kappa shape index (κ1) is 12.6. The van der Waals surface area contributed by atoms with Crippen molar-refractivity contribution in [2.75, 3.05) is 18.4 Å². The van der Waals surface area contributed by atoms with Crippen LogP contribution in [0.2, 0.25) is 0 Å². The molecule has 1 fully saturated rings. The molecule has 1 unspecified atom stereocenters. The second-order valence-electron chi connectivity index (χ2n) is 4.37. The van der Waals surface area contributed by atoms with Gasteiger partial charge in [-0.2, -0.15) is 0 Å². The summed E-state index contributed by atoms with van der Waals surface area (Å²) in [5.74, 6) is -1.24. The van der Waals surface area contributed by atoms with Gasteiger partial charge in [0.15, 0.2) is 0 Å². The summed E-state index contributed by atoms with van der Waals surface area (Å²) in [5, 5.41) is 12.0. The molecule has 1 heterocycles. The van der Waals surface area contributed by atoms with E-state index in [1.165, 1.54) is 4.90 Å². The molecule has 0 radical (unpaired) electrons. The van der Waals surface area contributed by atoms with E-state index in [9.17, 15) is 14.7 Å². The monoisotopic (exact) mass is 248 g/mol. The number of nitrogens with zero attached hydrogens (tertiary/aromatic N) is 1. The van der Waals surface area contributed by atoms with E-state index in [0.717, 1.165) is 6.42 Å². The number of aliphatic hydroxyl groups is 1. The molecule has 2 rings (SSSR count). The molecule has 1 aliphatic heterocycles. The highest BCUT2D eigenvalue weighted by atomic mass is 16.3. The minimum absolute atomic E-state index is 0.237. The van der Waals surface area contributed by atoms with E-state index >= 15 is 0 Å². The van der Waals surface area contributed by atoms with E-state index in [0.29, 0.717) is 18.7 Å². The highest BCUT2D eigenvalue weighted by Crippen LogP contribution is 2.11. The fourth-order valence-electron chi connectivity index (χ4n) is 1.99. The first-order valence-corrected chi connectivity index (χ1v) is 6.00. The highest BCUT2D eigenvalue weighted by molar-refractivity contribution is 6.39. The van der Waals surface area contributed by atoms with Crippen LogP contribution in [0.3, 0.4) is 0 Å². The predicted octanol–water partition coefficient (Wildman–Crippen LogP) is 0.608. The molecule has 0 spiro atoms. The van der Waals surface area contributed by atoms with Gasteiger partial charge >= 0.3 is 11.8 Å². The van der Waals surface area contributed by atoms with Crippen molar-refractivity contribution < 1.29 is 14.7 Å². The van der Waals surface area contributed by atoms with Crippen molar-refractivity contribution in [2.45, 2.75) is 18.9 Å². The molecule has 0 saturated carbocycles. The summed E-state index contributed by atoms with van der Waals surface area (Å²) < 4.78 is 0. The summed E-state index contributed by atoms with van der Waals surface area (Å²) in [6.07, 6.45) is 0.891.